The molecule has 0 saturated heterocycles. The monoisotopic (exact) mass is 2020 g/mol. The van der Waals surface area contributed by atoms with Gasteiger partial charge in [-0.15, -0.1) is 58.7 Å². The van der Waals surface area contributed by atoms with E-state index in [1.807, 2.05) is 48.5 Å². The quantitative estimate of drug-likeness (QED) is 0.0469. The normalized spacial score (nSPS) is 10.3. The zero-order valence-electron chi connectivity index (χ0n) is 50.9. The molecule has 2 heterocycles. The molecule has 14 rings (SSSR count). The number of furan rings is 2. The smallest absolute Gasteiger partial charge is 0.458 e. The maximum atomic E-state index is 7.13. The molecular weight excluding hydrogens is 1950 g/mol. The van der Waals surface area contributed by atoms with E-state index in [1.165, 1.54) is 67.1 Å². The summed E-state index contributed by atoms with van der Waals surface area (Å²) >= 11 is 0. The van der Waals surface area contributed by atoms with Crippen molar-refractivity contribution in [3.63, 3.8) is 0 Å². The molecule has 2 nitrogen and oxygen atoms in total. The summed E-state index contributed by atoms with van der Waals surface area (Å²) in [5.74, 6) is 9.39. The predicted octanol–water partition coefficient (Wildman–Crippen LogP) is 16.3. The molecule has 0 radical (unpaired) electrons. The van der Waals surface area contributed by atoms with Crippen LogP contribution in [0, 0.1) is 49.4 Å². The Balaban J connectivity index is 0.000000179. The van der Waals surface area contributed by atoms with Crippen molar-refractivity contribution >= 4 is 118 Å². The fourth-order valence-corrected chi connectivity index (χ4v) is 23.7. The molecule has 0 unspecified atom stereocenters. The zero-order valence-corrected chi connectivity index (χ0v) is 63.5. The summed E-state index contributed by atoms with van der Waals surface area (Å²) in [5, 5.41) is 16.0. The summed E-state index contributed by atoms with van der Waals surface area (Å²) < 4.78 is 11.4. The van der Waals surface area contributed by atoms with E-state index in [0.717, 1.165) is 55.0 Å². The fraction of sp³-hybridized carbons (Fsp3) is 0.0476. The molecule has 0 aliphatic carbocycles. The predicted molar refractivity (Wildman–Crippen MR) is 394 cm³/mol. The van der Waals surface area contributed by atoms with E-state index in [-0.39, 0.29) is 89.5 Å². The van der Waals surface area contributed by atoms with Crippen molar-refractivity contribution in [2.45, 2.75) is 0 Å². The molecule has 2 aromatic heterocycles. The Bertz CT molecular complexity index is 4150. The average Bonchev–Trinajstić information content (AvgIpc) is 1.63. The summed E-state index contributed by atoms with van der Waals surface area (Å²) in [7, 11) is -3.13. The van der Waals surface area contributed by atoms with Crippen LogP contribution in [-0.4, -0.2) is 24.6 Å². The Kier molecular flexibility index (Phi) is 30.7. The molecule has 0 N–H and O–H groups in total. The first-order chi connectivity index (χ1) is 44.5. The number of benzene rings is 12. The summed E-state index contributed by atoms with van der Waals surface area (Å²) in [6, 6.07) is 111. The van der Waals surface area contributed by atoms with Gasteiger partial charge in [-0.05, 0) is 109 Å². The van der Waals surface area contributed by atoms with Crippen molar-refractivity contribution in [2.24, 2.45) is 0 Å². The van der Waals surface area contributed by atoms with Crippen molar-refractivity contribution in [3.8, 4) is 23.7 Å². The van der Waals surface area contributed by atoms with Crippen molar-refractivity contribution in [2.75, 3.05) is 24.6 Å². The molecule has 10 heteroatoms. The molecule has 0 spiro atoms. The van der Waals surface area contributed by atoms with Gasteiger partial charge < -0.3 is 34.5 Å². The van der Waals surface area contributed by atoms with Crippen molar-refractivity contribution in [1.29, 1.82) is 0 Å². The Hall–Kier alpha value is -6.84. The van der Waals surface area contributed by atoms with Crippen LogP contribution in [-0.2, 0) is 89.5 Å². The van der Waals surface area contributed by atoms with Crippen LogP contribution >= 0.6 is 31.7 Å². The Labute approximate surface area is 621 Å². The van der Waals surface area contributed by atoms with Gasteiger partial charge in [-0.25, -0.2) is 0 Å². The molecular formula is C84H64Au4O2P4+4. The first-order valence-electron chi connectivity index (χ1n) is 30.0. The minimum absolute atomic E-state index is 0. The third-order valence-corrected chi connectivity index (χ3v) is 28.0. The molecule has 0 atom stereocenters. The minimum atomic E-state index is -0.783. The van der Waals surface area contributed by atoms with Crippen LogP contribution in [0.2, 0.25) is 0 Å². The summed E-state index contributed by atoms with van der Waals surface area (Å²) in [4.78, 5) is 0. The second kappa shape index (κ2) is 38.6. The molecule has 0 fully saturated rings. The van der Waals surface area contributed by atoms with Crippen LogP contribution in [0.25, 0.3) is 43.9 Å². The standard InChI is InChI=1S/2C26H24P2.2C16H6O.4Au/c2*1-5-13-23(14-6-1)27(24-15-7-2-8-16-24)21-22-28(25-17-9-3-10-18-25)26-19-11-4-12-20-26;2*1-3-11-6-8-15-14(9-11)13-7-5-12(4-2)10-16(13)17-15;;;;/h2*1-20H,21-22H2;2*5-10H;;;;/q;;2*-2;4*+1/p+4. The van der Waals surface area contributed by atoms with Gasteiger partial charge in [0, 0.05) is 21.5 Å². The van der Waals surface area contributed by atoms with Crippen LogP contribution < -0.4 is 42.4 Å². The summed E-state index contributed by atoms with van der Waals surface area (Å²) in [6.45, 7) is 0. The molecule has 0 bridgehead atoms. The summed E-state index contributed by atoms with van der Waals surface area (Å²) in [5.41, 5.74) is 5.86. The number of fused-ring (bicyclic) bond motifs is 6. The largest absolute Gasteiger partial charge is 1.00 e. The molecule has 94 heavy (non-hydrogen) atoms. The topological polar surface area (TPSA) is 26.3 Å². The third-order valence-electron chi connectivity index (χ3n) is 15.7. The van der Waals surface area contributed by atoms with Crippen molar-refractivity contribution in [3.05, 3.63) is 363 Å². The van der Waals surface area contributed by atoms with E-state index in [2.05, 4.69) is 266 Å². The third kappa shape index (κ3) is 19.7. The minimum Gasteiger partial charge on any atom is -0.458 e. The fourth-order valence-electron chi connectivity index (χ4n) is 11.3. The molecule has 0 aliphatic rings. The maximum Gasteiger partial charge on any atom is 1.00 e. The van der Waals surface area contributed by atoms with Crippen LogP contribution in [0.5, 0.6) is 0 Å². The average molecular weight is 2020 g/mol. The van der Waals surface area contributed by atoms with Crippen LogP contribution in [0.1, 0.15) is 22.3 Å². The van der Waals surface area contributed by atoms with Gasteiger partial charge in [0.05, 0.1) is 74.1 Å². The van der Waals surface area contributed by atoms with E-state index in [1.54, 1.807) is 24.3 Å². The van der Waals surface area contributed by atoms with Crippen LogP contribution in [0.3, 0.4) is 0 Å². The Morgan fingerprint density at radius 3 is 0.606 bits per heavy atom. The molecule has 0 aliphatic heterocycles. The van der Waals surface area contributed by atoms with Gasteiger partial charge in [0.15, 0.2) is 0 Å². The number of hydrogen-bond acceptors (Lipinski definition) is 2. The van der Waals surface area contributed by atoms with Gasteiger partial charge in [-0.3, -0.25) is 23.7 Å². The first kappa shape index (κ1) is 74.6. The van der Waals surface area contributed by atoms with Gasteiger partial charge in [-0.2, -0.15) is 0 Å². The second-order valence-electron chi connectivity index (χ2n) is 21.4. The number of rotatable bonds is 14. The van der Waals surface area contributed by atoms with Crippen LogP contribution in [0.15, 0.2) is 324 Å². The van der Waals surface area contributed by atoms with Gasteiger partial charge in [0.2, 0.25) is 0 Å². The molecule has 472 valence electrons. The first-order valence-corrected chi connectivity index (χ1v) is 36.8. The Morgan fingerprint density at radius 1 is 0.213 bits per heavy atom. The number of hydrogen-bond donors (Lipinski definition) is 0. The SMILES string of the molecule is [Au+].[Au+].[Au+].[Au+].[C-]#Cc1ccc2c(c1)oc1ccc(C#[C-])cc12.[C-]#Cc1ccc2c(c1)oc1ccc(C#[C-])cc12.c1ccc([PH+](CC[PH+](c2ccccc2)c2ccccc2)c2ccccc2)cc1.c1ccc([PH+](CC[PH+](c2ccccc2)c2ccccc2)c2ccccc2)cc1. The molecule has 0 amide bonds. The molecule has 0 saturated carbocycles. The van der Waals surface area contributed by atoms with E-state index >= 15 is 0 Å². The van der Waals surface area contributed by atoms with E-state index in [0.29, 0.717) is 11.1 Å². The van der Waals surface area contributed by atoms with Crippen LogP contribution in [0.4, 0.5) is 0 Å². The summed E-state index contributed by atoms with van der Waals surface area (Å²) in [6.07, 6.45) is 33.5. The van der Waals surface area contributed by atoms with Gasteiger partial charge in [-0.1, -0.05) is 170 Å². The van der Waals surface area contributed by atoms with Gasteiger partial charge >= 0.3 is 89.5 Å². The van der Waals surface area contributed by atoms with Gasteiger partial charge in [0.1, 0.15) is 47.0 Å². The van der Waals surface area contributed by atoms with E-state index in [4.69, 9.17) is 34.5 Å². The van der Waals surface area contributed by atoms with Crippen molar-refractivity contribution in [1.82, 2.24) is 0 Å². The van der Waals surface area contributed by atoms with Crippen molar-refractivity contribution < 1.29 is 98.4 Å². The Morgan fingerprint density at radius 2 is 0.404 bits per heavy atom. The van der Waals surface area contributed by atoms with Gasteiger partial charge in [0.25, 0.3) is 0 Å². The van der Waals surface area contributed by atoms with E-state index < -0.39 is 31.7 Å². The molecule has 14 aromatic rings. The zero-order chi connectivity index (χ0) is 61.7. The second-order valence-corrected chi connectivity index (χ2v) is 31.8. The molecule has 12 aromatic carbocycles. The van der Waals surface area contributed by atoms with E-state index in [9.17, 15) is 0 Å². The maximum absolute atomic E-state index is 7.13.